The molecule has 5 heteroatoms. The van der Waals surface area contributed by atoms with E-state index in [0.29, 0.717) is 18.6 Å². The second kappa shape index (κ2) is 7.36. The molecule has 1 aromatic heterocycles. The molecule has 3 nitrogen and oxygen atoms in total. The van der Waals surface area contributed by atoms with Crippen LogP contribution < -0.4 is 4.74 Å². The van der Waals surface area contributed by atoms with Crippen molar-refractivity contribution in [1.82, 2.24) is 0 Å². The van der Waals surface area contributed by atoms with Crippen LogP contribution in [0.25, 0.3) is 0 Å². The molecule has 1 atom stereocenters. The zero-order valence-electron chi connectivity index (χ0n) is 11.2. The van der Waals surface area contributed by atoms with Crippen molar-refractivity contribution in [3.8, 4) is 5.75 Å². The van der Waals surface area contributed by atoms with Crippen LogP contribution in [0.3, 0.4) is 0 Å². The monoisotopic (exact) mass is 308 g/mol. The van der Waals surface area contributed by atoms with Gasteiger partial charge in [-0.25, -0.2) is 0 Å². The Hall–Kier alpha value is -1.46. The van der Waals surface area contributed by atoms with Gasteiger partial charge in [0.25, 0.3) is 0 Å². The molecular formula is C15H16O3S2. The van der Waals surface area contributed by atoms with Crippen molar-refractivity contribution >= 4 is 27.9 Å². The molecule has 0 amide bonds. The molecule has 20 heavy (non-hydrogen) atoms. The molecule has 0 fully saturated rings. The molecule has 1 heterocycles. The van der Waals surface area contributed by atoms with E-state index in [1.165, 1.54) is 11.3 Å². The summed E-state index contributed by atoms with van der Waals surface area (Å²) in [6.45, 7) is 0. The molecule has 0 aliphatic carbocycles. The van der Waals surface area contributed by atoms with Gasteiger partial charge in [-0.1, -0.05) is 6.07 Å². The number of Topliss-reactive ketones (excluding diaryl/α,β-unsaturated/α-hetero) is 1. The van der Waals surface area contributed by atoms with Gasteiger partial charge < -0.3 is 4.74 Å². The van der Waals surface area contributed by atoms with Crippen molar-refractivity contribution in [3.05, 3.63) is 46.7 Å². The Labute approximate surface area is 125 Å². The topological polar surface area (TPSA) is 43.4 Å². The minimum atomic E-state index is -1.06. The van der Waals surface area contributed by atoms with Crippen molar-refractivity contribution in [2.75, 3.05) is 12.9 Å². The smallest absolute Gasteiger partial charge is 0.172 e. The van der Waals surface area contributed by atoms with Crippen molar-refractivity contribution in [2.45, 2.75) is 17.7 Å². The summed E-state index contributed by atoms with van der Waals surface area (Å²) < 4.78 is 17.1. The van der Waals surface area contributed by atoms with Crippen LogP contribution >= 0.6 is 11.3 Å². The number of hydrogen-bond acceptors (Lipinski definition) is 4. The van der Waals surface area contributed by atoms with E-state index in [1.807, 2.05) is 17.5 Å². The number of carbonyl (C=O) groups excluding carboxylic acids is 1. The summed E-state index contributed by atoms with van der Waals surface area (Å²) in [5.74, 6) is 1.38. The average Bonchev–Trinajstić information content (AvgIpc) is 3.01. The van der Waals surface area contributed by atoms with E-state index in [-0.39, 0.29) is 5.78 Å². The largest absolute Gasteiger partial charge is 0.497 e. The standard InChI is InChI=1S/C15H16O3S2/c1-18-12-6-8-13(9-7-12)20(17)11-3-4-14(16)15-5-2-10-19-15/h2,5-10H,3-4,11H2,1H3. The van der Waals surface area contributed by atoms with Crippen LogP contribution in [0.4, 0.5) is 0 Å². The molecule has 0 spiro atoms. The average molecular weight is 308 g/mol. The van der Waals surface area contributed by atoms with Gasteiger partial charge in [-0.05, 0) is 42.1 Å². The molecule has 106 valence electrons. The molecular weight excluding hydrogens is 292 g/mol. The number of thiophene rings is 1. The second-order valence-corrected chi connectivity index (χ2v) is 6.75. The highest BCUT2D eigenvalue weighted by Crippen LogP contribution is 2.16. The Kier molecular flexibility index (Phi) is 5.49. The predicted octanol–water partition coefficient (Wildman–Crippen LogP) is 3.53. The third kappa shape index (κ3) is 4.02. The summed E-state index contributed by atoms with van der Waals surface area (Å²) in [5.41, 5.74) is 0. The summed E-state index contributed by atoms with van der Waals surface area (Å²) in [6, 6.07) is 10.9. The molecule has 0 bridgehead atoms. The van der Waals surface area contributed by atoms with Crippen LogP contribution in [0.5, 0.6) is 5.75 Å². The van der Waals surface area contributed by atoms with Crippen LogP contribution in [0, 0.1) is 0 Å². The van der Waals surface area contributed by atoms with E-state index in [9.17, 15) is 9.00 Å². The fourth-order valence-electron chi connectivity index (χ4n) is 1.77. The first kappa shape index (κ1) is 14.9. The molecule has 0 N–H and O–H groups in total. The maximum absolute atomic E-state index is 12.1. The molecule has 0 saturated heterocycles. The number of ketones is 1. The Morgan fingerprint density at radius 1 is 1.25 bits per heavy atom. The fourth-order valence-corrected chi connectivity index (χ4v) is 3.55. The molecule has 1 unspecified atom stereocenters. The van der Waals surface area contributed by atoms with Gasteiger partial charge in [0, 0.05) is 17.1 Å². The maximum Gasteiger partial charge on any atom is 0.172 e. The maximum atomic E-state index is 12.1. The first-order chi connectivity index (χ1) is 9.70. The molecule has 0 aliphatic heterocycles. The molecule has 2 rings (SSSR count). The highest BCUT2D eigenvalue weighted by atomic mass is 32.2. The highest BCUT2D eigenvalue weighted by molar-refractivity contribution is 7.85. The van der Waals surface area contributed by atoms with Gasteiger partial charge in [-0.15, -0.1) is 11.3 Å². The zero-order chi connectivity index (χ0) is 14.4. The summed E-state index contributed by atoms with van der Waals surface area (Å²) in [4.78, 5) is 13.4. The summed E-state index contributed by atoms with van der Waals surface area (Å²) in [5, 5.41) is 1.89. The minimum absolute atomic E-state index is 0.131. The Bertz CT molecular complexity index is 574. The Balaban J connectivity index is 1.81. The Morgan fingerprint density at radius 2 is 2.00 bits per heavy atom. The summed E-state index contributed by atoms with van der Waals surface area (Å²) >= 11 is 1.45. The van der Waals surface area contributed by atoms with Crippen LogP contribution in [-0.2, 0) is 10.8 Å². The van der Waals surface area contributed by atoms with Gasteiger partial charge in [0.05, 0.1) is 22.8 Å². The number of benzene rings is 1. The number of carbonyl (C=O) groups is 1. The lowest BCUT2D eigenvalue weighted by Crippen LogP contribution is -2.02. The van der Waals surface area contributed by atoms with Gasteiger partial charge in [-0.3, -0.25) is 9.00 Å². The minimum Gasteiger partial charge on any atom is -0.497 e. The van der Waals surface area contributed by atoms with Gasteiger partial charge in [0.15, 0.2) is 5.78 Å². The Morgan fingerprint density at radius 3 is 2.60 bits per heavy atom. The van der Waals surface area contributed by atoms with Crippen LogP contribution in [0.15, 0.2) is 46.7 Å². The van der Waals surface area contributed by atoms with Crippen molar-refractivity contribution < 1.29 is 13.7 Å². The van der Waals surface area contributed by atoms with Crippen molar-refractivity contribution in [2.24, 2.45) is 0 Å². The van der Waals surface area contributed by atoms with Gasteiger partial charge in [-0.2, -0.15) is 0 Å². The number of hydrogen-bond donors (Lipinski definition) is 0. The molecule has 1 aromatic carbocycles. The lowest BCUT2D eigenvalue weighted by Gasteiger charge is -2.03. The highest BCUT2D eigenvalue weighted by Gasteiger charge is 2.09. The summed E-state index contributed by atoms with van der Waals surface area (Å²) in [7, 11) is 0.538. The summed E-state index contributed by atoms with van der Waals surface area (Å²) in [6.07, 6.45) is 1.08. The SMILES string of the molecule is COc1ccc(S(=O)CCCC(=O)c2cccs2)cc1. The zero-order valence-corrected chi connectivity index (χ0v) is 12.8. The van der Waals surface area contributed by atoms with E-state index < -0.39 is 10.8 Å². The molecule has 0 saturated carbocycles. The van der Waals surface area contributed by atoms with Gasteiger partial charge >= 0.3 is 0 Å². The van der Waals surface area contributed by atoms with E-state index in [4.69, 9.17) is 4.74 Å². The quantitative estimate of drug-likeness (QED) is 0.735. The van der Waals surface area contributed by atoms with Crippen LogP contribution in [0.2, 0.25) is 0 Å². The predicted molar refractivity (Wildman–Crippen MR) is 82.2 cm³/mol. The lowest BCUT2D eigenvalue weighted by molar-refractivity contribution is 0.0986. The first-order valence-electron chi connectivity index (χ1n) is 6.30. The van der Waals surface area contributed by atoms with Crippen LogP contribution in [0.1, 0.15) is 22.5 Å². The third-order valence-electron chi connectivity index (χ3n) is 2.85. The van der Waals surface area contributed by atoms with Gasteiger partial charge in [0.1, 0.15) is 5.75 Å². The number of ether oxygens (including phenoxy) is 1. The van der Waals surface area contributed by atoms with Crippen molar-refractivity contribution in [1.29, 1.82) is 0 Å². The lowest BCUT2D eigenvalue weighted by atomic mass is 10.2. The van der Waals surface area contributed by atoms with E-state index >= 15 is 0 Å². The van der Waals surface area contributed by atoms with E-state index in [0.717, 1.165) is 15.5 Å². The van der Waals surface area contributed by atoms with E-state index in [2.05, 4.69) is 0 Å². The number of rotatable bonds is 7. The van der Waals surface area contributed by atoms with E-state index in [1.54, 1.807) is 31.4 Å². The first-order valence-corrected chi connectivity index (χ1v) is 8.49. The van der Waals surface area contributed by atoms with Gasteiger partial charge in [0.2, 0.25) is 0 Å². The molecule has 0 radical (unpaired) electrons. The normalized spacial score (nSPS) is 12.1. The fraction of sp³-hybridized carbons (Fsp3) is 0.267. The molecule has 2 aromatic rings. The van der Waals surface area contributed by atoms with Crippen LogP contribution in [-0.4, -0.2) is 22.9 Å². The second-order valence-electron chi connectivity index (χ2n) is 4.23. The number of methoxy groups -OCH3 is 1. The van der Waals surface area contributed by atoms with Crippen molar-refractivity contribution in [3.63, 3.8) is 0 Å². The third-order valence-corrected chi connectivity index (χ3v) is 5.22. The molecule has 0 aliphatic rings.